The molecule has 8 nitrogen and oxygen atoms in total. The molecule has 0 bridgehead atoms. The molecular formula is C25H29NO7. The summed E-state index contributed by atoms with van der Waals surface area (Å²) in [5.74, 6) is 1.62. The fourth-order valence-electron chi connectivity index (χ4n) is 4.58. The van der Waals surface area contributed by atoms with Gasteiger partial charge in [-0.1, -0.05) is 6.07 Å². The molecule has 0 spiro atoms. The number of amides is 1. The molecule has 1 fully saturated rings. The molecular weight excluding hydrogens is 426 g/mol. The maximum Gasteiger partial charge on any atom is 0.220 e. The minimum atomic E-state index is -0.352. The molecule has 1 N–H and O–H groups in total. The van der Waals surface area contributed by atoms with E-state index in [9.17, 15) is 9.59 Å². The second-order valence-corrected chi connectivity index (χ2v) is 8.15. The van der Waals surface area contributed by atoms with Crippen molar-refractivity contribution >= 4 is 5.91 Å². The van der Waals surface area contributed by atoms with Gasteiger partial charge in [0.25, 0.3) is 0 Å². The van der Waals surface area contributed by atoms with Crippen molar-refractivity contribution in [2.24, 2.45) is 0 Å². The second-order valence-electron chi connectivity index (χ2n) is 8.15. The van der Waals surface area contributed by atoms with Gasteiger partial charge in [0.15, 0.2) is 17.2 Å². The summed E-state index contributed by atoms with van der Waals surface area (Å²) in [6.45, 7) is 2.55. The van der Waals surface area contributed by atoms with Gasteiger partial charge in [0, 0.05) is 18.9 Å². The van der Waals surface area contributed by atoms with Crippen LogP contribution in [0.2, 0.25) is 0 Å². The van der Waals surface area contributed by atoms with Crippen LogP contribution >= 0.6 is 0 Å². The molecule has 176 valence electrons. The maximum absolute atomic E-state index is 13.2. The van der Waals surface area contributed by atoms with Gasteiger partial charge >= 0.3 is 0 Å². The molecule has 0 saturated carbocycles. The highest BCUT2D eigenvalue weighted by atomic mass is 16.5. The van der Waals surface area contributed by atoms with E-state index in [1.54, 1.807) is 33.5 Å². The van der Waals surface area contributed by atoms with Crippen molar-refractivity contribution in [3.63, 3.8) is 0 Å². The highest BCUT2D eigenvalue weighted by Gasteiger charge is 2.29. The molecule has 2 aromatic rings. The van der Waals surface area contributed by atoms with E-state index >= 15 is 0 Å². The summed E-state index contributed by atoms with van der Waals surface area (Å²) in [5, 5.41) is 3.00. The summed E-state index contributed by atoms with van der Waals surface area (Å²) in [6.07, 6.45) is 1.83. The summed E-state index contributed by atoms with van der Waals surface area (Å²) >= 11 is 0. The first-order valence-corrected chi connectivity index (χ1v) is 11.0. The minimum absolute atomic E-state index is 0.155. The molecule has 1 heterocycles. The van der Waals surface area contributed by atoms with E-state index in [0.717, 1.165) is 23.1 Å². The van der Waals surface area contributed by atoms with Crippen molar-refractivity contribution in [3.8, 4) is 34.1 Å². The third kappa shape index (κ3) is 4.48. The van der Waals surface area contributed by atoms with E-state index in [1.165, 1.54) is 6.92 Å². The summed E-state index contributed by atoms with van der Waals surface area (Å²) < 4.78 is 28.3. The Hall–Kier alpha value is -3.26. The Morgan fingerprint density at radius 2 is 1.82 bits per heavy atom. The summed E-state index contributed by atoms with van der Waals surface area (Å²) in [6, 6.07) is 6.68. The zero-order valence-corrected chi connectivity index (χ0v) is 19.4. The van der Waals surface area contributed by atoms with Crippen LogP contribution < -0.4 is 29.7 Å². The molecule has 1 unspecified atom stereocenters. The first-order valence-electron chi connectivity index (χ1n) is 11.0. The minimum Gasteiger partial charge on any atom is -0.493 e. The number of rotatable bonds is 6. The molecule has 8 heteroatoms. The van der Waals surface area contributed by atoms with E-state index in [0.29, 0.717) is 48.9 Å². The molecule has 33 heavy (non-hydrogen) atoms. The van der Waals surface area contributed by atoms with Gasteiger partial charge < -0.3 is 29.0 Å². The molecule has 0 radical (unpaired) electrons. The number of hydrogen-bond acceptors (Lipinski definition) is 7. The molecule has 1 saturated heterocycles. The van der Waals surface area contributed by atoms with Gasteiger partial charge in [-0.3, -0.25) is 9.59 Å². The number of carbonyl (C=O) groups excluding carboxylic acids is 1. The number of aryl methyl sites for hydroxylation is 1. The zero-order valence-electron chi connectivity index (χ0n) is 19.4. The van der Waals surface area contributed by atoms with Crippen molar-refractivity contribution in [2.75, 3.05) is 34.5 Å². The molecule has 1 amide bonds. The normalized spacial score (nSPS) is 19.0. The SMILES string of the molecule is COc1cc2c(c(OC)c1OC)-c1ccc(OC3CCOC3)c(=O)cc1[C@@H](NC(C)=O)CC2. The van der Waals surface area contributed by atoms with Crippen LogP contribution in [0.4, 0.5) is 0 Å². The third-order valence-corrected chi connectivity index (χ3v) is 6.06. The number of ether oxygens (including phenoxy) is 5. The standard InChI is InChI=1S/C25H29NO7/c1-14(27)26-19-7-5-15-11-22(29-2)24(30-3)25(31-4)23(15)17-6-8-21(20(28)12-18(17)19)33-16-9-10-32-13-16/h6,8,11-12,16,19H,5,7,9-10,13H2,1-4H3,(H,26,27)/t16?,19-/m0/s1. The number of benzene rings is 1. The fourth-order valence-corrected chi connectivity index (χ4v) is 4.58. The number of hydrogen-bond donors (Lipinski definition) is 1. The quantitative estimate of drug-likeness (QED) is 0.716. The van der Waals surface area contributed by atoms with E-state index in [1.807, 2.05) is 12.1 Å². The Kier molecular flexibility index (Phi) is 6.74. The van der Waals surface area contributed by atoms with Crippen molar-refractivity contribution in [2.45, 2.75) is 38.3 Å². The zero-order chi connectivity index (χ0) is 23.5. The van der Waals surface area contributed by atoms with Gasteiger partial charge in [-0.25, -0.2) is 0 Å². The average Bonchev–Trinajstić information content (AvgIpc) is 3.21. The Morgan fingerprint density at radius 3 is 2.45 bits per heavy atom. The predicted molar refractivity (Wildman–Crippen MR) is 123 cm³/mol. The van der Waals surface area contributed by atoms with Crippen LogP contribution in [0.1, 0.15) is 36.9 Å². The predicted octanol–water partition coefficient (Wildman–Crippen LogP) is 3.03. The molecule has 2 aromatic carbocycles. The smallest absolute Gasteiger partial charge is 0.220 e. The largest absolute Gasteiger partial charge is 0.493 e. The molecule has 1 aliphatic carbocycles. The lowest BCUT2D eigenvalue weighted by Crippen LogP contribution is -2.26. The van der Waals surface area contributed by atoms with Crippen molar-refractivity contribution in [1.82, 2.24) is 5.32 Å². The van der Waals surface area contributed by atoms with E-state index in [2.05, 4.69) is 5.32 Å². The lowest BCUT2D eigenvalue weighted by Gasteiger charge is -2.19. The van der Waals surface area contributed by atoms with Gasteiger partial charge in [-0.05, 0) is 47.7 Å². The van der Waals surface area contributed by atoms with E-state index in [4.69, 9.17) is 23.7 Å². The van der Waals surface area contributed by atoms with E-state index in [-0.39, 0.29) is 29.2 Å². The first-order chi connectivity index (χ1) is 16.0. The van der Waals surface area contributed by atoms with Gasteiger partial charge in [0.05, 0.1) is 40.6 Å². The monoisotopic (exact) mass is 455 g/mol. The average molecular weight is 456 g/mol. The van der Waals surface area contributed by atoms with Crippen LogP contribution in [0.3, 0.4) is 0 Å². The lowest BCUT2D eigenvalue weighted by atomic mass is 9.95. The highest BCUT2D eigenvalue weighted by molar-refractivity contribution is 5.83. The first kappa shape index (κ1) is 22.9. The topological polar surface area (TPSA) is 92.3 Å². The number of fused-ring (bicyclic) bond motifs is 3. The van der Waals surface area contributed by atoms with Crippen LogP contribution in [0.15, 0.2) is 29.1 Å². The fraction of sp³-hybridized carbons (Fsp3) is 0.440. The number of methoxy groups -OCH3 is 3. The molecule has 2 aliphatic rings. The van der Waals surface area contributed by atoms with E-state index < -0.39 is 0 Å². The van der Waals surface area contributed by atoms with Crippen molar-refractivity contribution < 1.29 is 28.5 Å². The Labute approximate surface area is 192 Å². The van der Waals surface area contributed by atoms with Gasteiger partial charge in [0.2, 0.25) is 17.1 Å². The van der Waals surface area contributed by atoms with Crippen LogP contribution in [-0.2, 0) is 16.0 Å². The molecule has 4 rings (SSSR count). The molecule has 1 aliphatic heterocycles. The Balaban J connectivity index is 1.96. The summed E-state index contributed by atoms with van der Waals surface area (Å²) in [5.41, 5.74) is 3.01. The second kappa shape index (κ2) is 9.70. The highest BCUT2D eigenvalue weighted by Crippen LogP contribution is 2.50. The van der Waals surface area contributed by atoms with Gasteiger partial charge in [0.1, 0.15) is 6.10 Å². The Bertz CT molecular complexity index is 1110. The molecule has 2 atom stereocenters. The summed E-state index contributed by atoms with van der Waals surface area (Å²) in [4.78, 5) is 25.2. The number of carbonyl (C=O) groups is 1. The van der Waals surface area contributed by atoms with Crippen molar-refractivity contribution in [1.29, 1.82) is 0 Å². The third-order valence-electron chi connectivity index (χ3n) is 6.06. The van der Waals surface area contributed by atoms with Crippen LogP contribution in [0, 0.1) is 0 Å². The van der Waals surface area contributed by atoms with Gasteiger partial charge in [-0.15, -0.1) is 0 Å². The lowest BCUT2D eigenvalue weighted by molar-refractivity contribution is -0.119. The van der Waals surface area contributed by atoms with Crippen LogP contribution in [0.5, 0.6) is 23.0 Å². The maximum atomic E-state index is 13.2. The summed E-state index contributed by atoms with van der Waals surface area (Å²) in [7, 11) is 4.71. The Morgan fingerprint density at radius 1 is 1.03 bits per heavy atom. The van der Waals surface area contributed by atoms with Gasteiger partial charge in [-0.2, -0.15) is 0 Å². The molecule has 0 aromatic heterocycles. The van der Waals surface area contributed by atoms with Crippen molar-refractivity contribution in [3.05, 3.63) is 45.6 Å². The van der Waals surface area contributed by atoms with Crippen LogP contribution in [0.25, 0.3) is 11.1 Å². The van der Waals surface area contributed by atoms with Crippen LogP contribution in [-0.4, -0.2) is 46.6 Å². The number of nitrogens with one attached hydrogen (secondary N) is 1.